The standard InChI is InChI=1S/C23H16ClN3O2/c24-10-15-12-27(20-9-21(28)16-3-1-2-4-17(16)22(15)20)23(29)19-8-14-7-13(11-25)5-6-18(14)26-19/h1-9,15,26,28H,10,12H2. The maximum atomic E-state index is 13.3. The number of hydrogen-bond donors (Lipinski definition) is 2. The first-order chi connectivity index (χ1) is 14.1. The summed E-state index contributed by atoms with van der Waals surface area (Å²) in [5.41, 5.74) is 3.45. The molecule has 0 radical (unpaired) electrons. The van der Waals surface area contributed by atoms with Gasteiger partial charge in [-0.3, -0.25) is 4.79 Å². The third-order valence-corrected chi connectivity index (χ3v) is 5.93. The van der Waals surface area contributed by atoms with Crippen LogP contribution >= 0.6 is 11.6 Å². The van der Waals surface area contributed by atoms with Crippen LogP contribution in [0.2, 0.25) is 0 Å². The molecular weight excluding hydrogens is 386 g/mol. The van der Waals surface area contributed by atoms with Crippen molar-refractivity contribution in [1.82, 2.24) is 4.98 Å². The first-order valence-corrected chi connectivity index (χ1v) is 9.79. The van der Waals surface area contributed by atoms with Crippen molar-refractivity contribution < 1.29 is 9.90 Å². The van der Waals surface area contributed by atoms with Crippen LogP contribution in [0.5, 0.6) is 5.75 Å². The molecule has 1 unspecified atom stereocenters. The number of phenols is 1. The van der Waals surface area contributed by atoms with Gasteiger partial charge in [0, 0.05) is 40.7 Å². The Balaban J connectivity index is 1.63. The van der Waals surface area contributed by atoms with Crippen molar-refractivity contribution in [2.45, 2.75) is 5.92 Å². The van der Waals surface area contributed by atoms with E-state index in [1.807, 2.05) is 24.3 Å². The minimum atomic E-state index is -0.191. The average molecular weight is 402 g/mol. The molecule has 0 spiro atoms. The molecule has 3 aromatic carbocycles. The summed E-state index contributed by atoms with van der Waals surface area (Å²) in [6.07, 6.45) is 0. The number of aromatic nitrogens is 1. The number of aromatic amines is 1. The van der Waals surface area contributed by atoms with E-state index in [0.29, 0.717) is 29.4 Å². The molecule has 0 bridgehead atoms. The molecule has 4 aromatic rings. The molecular formula is C23H16ClN3O2. The summed E-state index contributed by atoms with van der Waals surface area (Å²) in [4.78, 5) is 18.2. The first-order valence-electron chi connectivity index (χ1n) is 9.26. The molecule has 0 fully saturated rings. The Hall–Kier alpha value is -3.49. The van der Waals surface area contributed by atoms with Gasteiger partial charge in [0.25, 0.3) is 5.91 Å². The number of carbonyl (C=O) groups is 1. The fourth-order valence-corrected chi connectivity index (χ4v) is 4.46. The first kappa shape index (κ1) is 17.6. The predicted octanol–water partition coefficient (Wildman–Crippen LogP) is 4.88. The number of carbonyl (C=O) groups excluding carboxylic acids is 1. The molecule has 2 N–H and O–H groups in total. The fourth-order valence-electron chi connectivity index (χ4n) is 4.21. The molecule has 6 heteroatoms. The molecule has 1 aromatic heterocycles. The number of hydrogen-bond acceptors (Lipinski definition) is 3. The van der Waals surface area contributed by atoms with Gasteiger partial charge in [-0.15, -0.1) is 11.6 Å². The number of aromatic hydroxyl groups is 1. The minimum absolute atomic E-state index is 0.0179. The van der Waals surface area contributed by atoms with Crippen molar-refractivity contribution in [3.8, 4) is 11.8 Å². The van der Waals surface area contributed by atoms with Crippen molar-refractivity contribution in [2.24, 2.45) is 0 Å². The number of H-pyrrole nitrogens is 1. The zero-order valence-electron chi connectivity index (χ0n) is 15.3. The molecule has 29 heavy (non-hydrogen) atoms. The third kappa shape index (κ3) is 2.65. The van der Waals surface area contributed by atoms with Crippen LogP contribution in [0.3, 0.4) is 0 Å². The van der Waals surface area contributed by atoms with Gasteiger partial charge < -0.3 is 15.0 Å². The summed E-state index contributed by atoms with van der Waals surface area (Å²) >= 11 is 6.25. The van der Waals surface area contributed by atoms with Gasteiger partial charge in [0.2, 0.25) is 0 Å². The smallest absolute Gasteiger partial charge is 0.274 e. The molecule has 0 aliphatic carbocycles. The van der Waals surface area contributed by atoms with Crippen LogP contribution in [-0.4, -0.2) is 28.4 Å². The number of nitriles is 1. The predicted molar refractivity (Wildman–Crippen MR) is 114 cm³/mol. The van der Waals surface area contributed by atoms with Crippen LogP contribution in [0, 0.1) is 11.3 Å². The Morgan fingerprint density at radius 3 is 2.76 bits per heavy atom. The van der Waals surface area contributed by atoms with Gasteiger partial charge in [-0.25, -0.2) is 0 Å². The van der Waals surface area contributed by atoms with Gasteiger partial charge in [0.15, 0.2) is 0 Å². The van der Waals surface area contributed by atoms with E-state index >= 15 is 0 Å². The fraction of sp³-hybridized carbons (Fsp3) is 0.130. The van der Waals surface area contributed by atoms with Crippen molar-refractivity contribution in [3.63, 3.8) is 0 Å². The minimum Gasteiger partial charge on any atom is -0.507 e. The zero-order chi connectivity index (χ0) is 20.1. The molecule has 2 heterocycles. The quantitative estimate of drug-likeness (QED) is 0.470. The number of rotatable bonds is 2. The van der Waals surface area contributed by atoms with Crippen molar-refractivity contribution in [3.05, 3.63) is 71.4 Å². The number of halogens is 1. The molecule has 5 rings (SSSR count). The SMILES string of the molecule is N#Cc1ccc2[nH]c(C(=O)N3CC(CCl)c4c3cc(O)c3ccccc43)cc2c1. The maximum Gasteiger partial charge on any atom is 0.274 e. The summed E-state index contributed by atoms with van der Waals surface area (Å²) in [5.74, 6) is 0.311. The van der Waals surface area contributed by atoms with Gasteiger partial charge >= 0.3 is 0 Å². The number of amides is 1. The van der Waals surface area contributed by atoms with Crippen molar-refractivity contribution in [2.75, 3.05) is 17.3 Å². The Morgan fingerprint density at radius 2 is 2.00 bits per heavy atom. The lowest BCUT2D eigenvalue weighted by molar-refractivity contribution is 0.0984. The van der Waals surface area contributed by atoms with Crippen LogP contribution in [0.15, 0.2) is 54.6 Å². The Labute approximate surface area is 171 Å². The van der Waals surface area contributed by atoms with E-state index in [-0.39, 0.29) is 17.6 Å². The highest BCUT2D eigenvalue weighted by Crippen LogP contribution is 2.45. The number of nitrogens with one attached hydrogen (secondary N) is 1. The van der Waals surface area contributed by atoms with Gasteiger partial charge in [0.05, 0.1) is 17.3 Å². The molecule has 1 aliphatic heterocycles. The number of fused-ring (bicyclic) bond motifs is 4. The maximum absolute atomic E-state index is 13.3. The Bertz CT molecular complexity index is 1340. The lowest BCUT2D eigenvalue weighted by atomic mass is 9.95. The van der Waals surface area contributed by atoms with E-state index in [9.17, 15) is 9.90 Å². The second-order valence-electron chi connectivity index (χ2n) is 7.24. The number of benzene rings is 3. The number of anilines is 1. The largest absolute Gasteiger partial charge is 0.507 e. The third-order valence-electron chi connectivity index (χ3n) is 5.56. The van der Waals surface area contributed by atoms with Crippen molar-refractivity contribution in [1.29, 1.82) is 5.26 Å². The summed E-state index contributed by atoms with van der Waals surface area (Å²) in [6, 6.07) is 18.4. The molecule has 1 aliphatic rings. The van der Waals surface area contributed by atoms with E-state index in [4.69, 9.17) is 16.9 Å². The van der Waals surface area contributed by atoms with Crippen LogP contribution in [0.25, 0.3) is 21.7 Å². The lowest BCUT2D eigenvalue weighted by Gasteiger charge is -2.17. The second kappa shape index (κ2) is 6.54. The van der Waals surface area contributed by atoms with Crippen LogP contribution in [0.1, 0.15) is 27.5 Å². The average Bonchev–Trinajstić information content (AvgIpc) is 3.34. The van der Waals surface area contributed by atoms with E-state index < -0.39 is 0 Å². The van der Waals surface area contributed by atoms with Gasteiger partial charge in [-0.05, 0) is 35.2 Å². The van der Waals surface area contributed by atoms with Crippen LogP contribution < -0.4 is 4.90 Å². The second-order valence-corrected chi connectivity index (χ2v) is 7.55. The summed E-state index contributed by atoms with van der Waals surface area (Å²) in [7, 11) is 0. The molecule has 142 valence electrons. The van der Waals surface area contributed by atoms with E-state index in [2.05, 4.69) is 11.1 Å². The molecule has 1 amide bonds. The highest BCUT2D eigenvalue weighted by molar-refractivity contribution is 6.19. The lowest BCUT2D eigenvalue weighted by Crippen LogP contribution is -2.30. The molecule has 0 saturated heterocycles. The molecule has 1 atom stereocenters. The topological polar surface area (TPSA) is 80.1 Å². The van der Waals surface area contributed by atoms with Gasteiger partial charge in [-0.1, -0.05) is 24.3 Å². The Morgan fingerprint density at radius 1 is 1.21 bits per heavy atom. The molecule has 0 saturated carbocycles. The summed E-state index contributed by atoms with van der Waals surface area (Å²) in [5, 5.41) is 22.1. The Kier molecular flexibility index (Phi) is 3.97. The molecule has 5 nitrogen and oxygen atoms in total. The van der Waals surface area contributed by atoms with Gasteiger partial charge in [0.1, 0.15) is 11.4 Å². The van der Waals surface area contributed by atoms with Crippen LogP contribution in [0.4, 0.5) is 5.69 Å². The van der Waals surface area contributed by atoms with Gasteiger partial charge in [-0.2, -0.15) is 5.26 Å². The monoisotopic (exact) mass is 401 g/mol. The van der Waals surface area contributed by atoms with E-state index in [1.165, 1.54) is 0 Å². The number of nitrogens with zero attached hydrogens (tertiary/aromatic N) is 2. The summed E-state index contributed by atoms with van der Waals surface area (Å²) < 4.78 is 0. The van der Waals surface area contributed by atoms with Crippen molar-refractivity contribution >= 4 is 44.9 Å². The highest BCUT2D eigenvalue weighted by Gasteiger charge is 2.35. The van der Waals surface area contributed by atoms with E-state index in [0.717, 1.165) is 27.2 Å². The zero-order valence-corrected chi connectivity index (χ0v) is 16.1. The van der Waals surface area contributed by atoms with Crippen LogP contribution in [-0.2, 0) is 0 Å². The van der Waals surface area contributed by atoms with E-state index in [1.54, 1.807) is 35.2 Å². The highest BCUT2D eigenvalue weighted by atomic mass is 35.5. The summed E-state index contributed by atoms with van der Waals surface area (Å²) in [6.45, 7) is 0.448. The number of alkyl halides is 1. The normalized spacial score (nSPS) is 15.6. The number of phenolic OH excluding ortho intramolecular Hbond substituents is 1.